The van der Waals surface area contributed by atoms with Crippen LogP contribution in [0.2, 0.25) is 0 Å². The Morgan fingerprint density at radius 2 is 1.97 bits per heavy atom. The minimum absolute atomic E-state index is 0.103. The molecule has 0 aromatic rings. The van der Waals surface area contributed by atoms with E-state index in [-0.39, 0.29) is 36.1 Å². The van der Waals surface area contributed by atoms with E-state index in [0.717, 1.165) is 44.9 Å². The highest BCUT2D eigenvalue weighted by Gasteiger charge is 2.56. The molecule has 4 unspecified atom stereocenters. The number of carbonyl (C=O) groups is 2. The molecule has 6 aliphatic rings. The molecule has 6 rings (SSSR count). The Hall–Kier alpha value is -1.48. The number of hydrogen-bond acceptors (Lipinski definition) is 7. The summed E-state index contributed by atoms with van der Waals surface area (Å²) in [5.74, 6) is 1.22. The predicted octanol–water partition coefficient (Wildman–Crippen LogP) is 2.33. The number of hydrogen-bond donors (Lipinski definition) is 3. The van der Waals surface area contributed by atoms with Gasteiger partial charge in [0, 0.05) is 23.1 Å². The zero-order valence-corrected chi connectivity index (χ0v) is 20.4. The minimum Gasteiger partial charge on any atom is -0.477 e. The van der Waals surface area contributed by atoms with Gasteiger partial charge in [0.15, 0.2) is 0 Å². The van der Waals surface area contributed by atoms with Crippen molar-refractivity contribution in [3.63, 3.8) is 0 Å². The van der Waals surface area contributed by atoms with Gasteiger partial charge in [0.05, 0.1) is 12.2 Å². The van der Waals surface area contributed by atoms with Gasteiger partial charge in [0.1, 0.15) is 5.25 Å². The first-order valence-corrected chi connectivity index (χ1v) is 13.4. The maximum atomic E-state index is 13.4. The number of nitrogens with zero attached hydrogens (tertiary/aromatic N) is 1. The summed E-state index contributed by atoms with van der Waals surface area (Å²) in [6.45, 7) is 4.13. The van der Waals surface area contributed by atoms with E-state index >= 15 is 0 Å². The summed E-state index contributed by atoms with van der Waals surface area (Å²) in [7, 11) is 0. The highest BCUT2D eigenvalue weighted by Crippen LogP contribution is 2.55. The van der Waals surface area contributed by atoms with Crippen LogP contribution in [0.1, 0.15) is 71.6 Å². The number of oxime groups is 1. The van der Waals surface area contributed by atoms with Crippen molar-refractivity contribution in [2.24, 2.45) is 34.1 Å². The molecule has 0 radical (unpaired) electrons. The second kappa shape index (κ2) is 8.63. The van der Waals surface area contributed by atoms with Crippen molar-refractivity contribution < 1.29 is 24.3 Å². The Balaban J connectivity index is 1.23. The van der Waals surface area contributed by atoms with E-state index in [0.29, 0.717) is 28.9 Å². The van der Waals surface area contributed by atoms with Crippen LogP contribution in [0.15, 0.2) is 5.16 Å². The number of thioether (sulfide) groups is 1. The smallest absolute Gasteiger partial charge is 0.265 e. The number of ether oxygens (including phenoxy) is 1. The summed E-state index contributed by atoms with van der Waals surface area (Å²) in [6, 6.07) is 0.103. The first-order chi connectivity index (χ1) is 15.6. The van der Waals surface area contributed by atoms with Gasteiger partial charge in [-0.25, -0.2) is 0 Å². The summed E-state index contributed by atoms with van der Waals surface area (Å²) >= 11 is 1.72. The lowest BCUT2D eigenvalue weighted by Gasteiger charge is -2.58. The Labute approximate surface area is 199 Å². The SMILES string of the molecule is CC(C)(COC1=NOC(C(=O)N[C@H]2C3CC4CC2C[C@](O)(C4)C3)C1SC1CCC1)CC(N)=O. The quantitative estimate of drug-likeness (QED) is 0.491. The van der Waals surface area contributed by atoms with Crippen LogP contribution in [0.5, 0.6) is 0 Å². The Morgan fingerprint density at radius 1 is 1.27 bits per heavy atom. The number of nitrogens with two attached hydrogens (primary N) is 1. The maximum absolute atomic E-state index is 13.4. The van der Waals surface area contributed by atoms with Gasteiger partial charge >= 0.3 is 0 Å². The van der Waals surface area contributed by atoms with E-state index in [2.05, 4.69) is 10.5 Å². The van der Waals surface area contributed by atoms with Crippen LogP contribution >= 0.6 is 11.8 Å². The average Bonchev–Trinajstić information content (AvgIpc) is 3.06. The predicted molar refractivity (Wildman–Crippen MR) is 125 cm³/mol. The summed E-state index contributed by atoms with van der Waals surface area (Å²) < 4.78 is 6.01. The molecule has 9 heteroatoms. The highest BCUT2D eigenvalue weighted by molar-refractivity contribution is 8.01. The van der Waals surface area contributed by atoms with Crippen LogP contribution in [-0.4, -0.2) is 57.7 Å². The largest absolute Gasteiger partial charge is 0.477 e. The number of primary amides is 1. The van der Waals surface area contributed by atoms with E-state index in [1.807, 2.05) is 13.8 Å². The van der Waals surface area contributed by atoms with Gasteiger partial charge < -0.3 is 25.7 Å². The van der Waals surface area contributed by atoms with Crippen molar-refractivity contribution in [2.75, 3.05) is 6.61 Å². The van der Waals surface area contributed by atoms with Gasteiger partial charge in [-0.3, -0.25) is 9.59 Å². The fraction of sp³-hybridized carbons (Fsp3) is 0.875. The van der Waals surface area contributed by atoms with Crippen LogP contribution in [-0.2, 0) is 19.2 Å². The summed E-state index contributed by atoms with van der Waals surface area (Å²) in [5.41, 5.74) is 4.42. The molecule has 5 aliphatic carbocycles. The first kappa shape index (κ1) is 23.3. The summed E-state index contributed by atoms with van der Waals surface area (Å²) in [5, 5.41) is 18.5. The molecule has 0 saturated heterocycles. The molecule has 4 bridgehead atoms. The van der Waals surface area contributed by atoms with Gasteiger partial charge in [-0.05, 0) is 67.9 Å². The molecule has 0 aromatic carbocycles. The average molecular weight is 480 g/mol. The van der Waals surface area contributed by atoms with E-state index in [9.17, 15) is 14.7 Å². The number of rotatable bonds is 8. The van der Waals surface area contributed by atoms with E-state index < -0.39 is 17.1 Å². The maximum Gasteiger partial charge on any atom is 0.265 e. The normalized spacial score (nSPS) is 39.5. The third-order valence-electron chi connectivity index (χ3n) is 8.24. The standard InChI is InChI=1S/C24H37N3O5S/c1-23(2,11-17(25)28)12-31-22-20(33-16-4-3-5-16)19(32-27-22)21(29)26-18-14-6-13-7-15(18)10-24(30,8-13)9-14/h13-16,18-20,30H,3-12H2,1-2H3,(H2,25,28)(H,26,29)/t13?,14?,15?,18-,19?,20?,24-. The second-order valence-corrected chi connectivity index (χ2v) is 13.3. The molecule has 8 nitrogen and oxygen atoms in total. The number of amides is 2. The van der Waals surface area contributed by atoms with Crippen molar-refractivity contribution in [1.29, 1.82) is 0 Å². The van der Waals surface area contributed by atoms with Gasteiger partial charge in [-0.1, -0.05) is 20.3 Å². The lowest BCUT2D eigenvalue weighted by Crippen LogP contribution is -2.63. The minimum atomic E-state index is -0.717. The number of nitrogens with one attached hydrogen (secondary N) is 1. The Kier molecular flexibility index (Phi) is 6.08. The molecule has 1 heterocycles. The zero-order valence-electron chi connectivity index (χ0n) is 19.6. The van der Waals surface area contributed by atoms with Gasteiger partial charge in [-0.15, -0.1) is 11.8 Å². The third kappa shape index (κ3) is 4.85. The molecule has 5 saturated carbocycles. The first-order valence-electron chi connectivity index (χ1n) is 12.4. The fourth-order valence-electron chi connectivity index (χ4n) is 6.74. The molecule has 0 spiro atoms. The molecule has 33 heavy (non-hydrogen) atoms. The van der Waals surface area contributed by atoms with Crippen LogP contribution in [0.3, 0.4) is 0 Å². The fourth-order valence-corrected chi connectivity index (χ4v) is 8.30. The van der Waals surface area contributed by atoms with Crippen LogP contribution < -0.4 is 11.1 Å². The Bertz CT molecular complexity index is 813. The molecular weight excluding hydrogens is 442 g/mol. The zero-order chi connectivity index (χ0) is 23.4. The molecule has 1 aliphatic heterocycles. The van der Waals surface area contributed by atoms with Gasteiger partial charge in [0.2, 0.25) is 17.9 Å². The lowest BCUT2D eigenvalue weighted by molar-refractivity contribution is -0.150. The molecule has 5 fully saturated rings. The number of aliphatic hydroxyl groups is 1. The van der Waals surface area contributed by atoms with Crippen molar-refractivity contribution in [2.45, 2.75) is 99.9 Å². The van der Waals surface area contributed by atoms with Crippen LogP contribution in [0, 0.1) is 23.2 Å². The van der Waals surface area contributed by atoms with Crippen molar-refractivity contribution >= 4 is 29.5 Å². The number of carbonyl (C=O) groups excluding carboxylic acids is 2. The van der Waals surface area contributed by atoms with Crippen molar-refractivity contribution in [1.82, 2.24) is 5.32 Å². The van der Waals surface area contributed by atoms with Crippen molar-refractivity contribution in [3.05, 3.63) is 0 Å². The third-order valence-corrected chi connectivity index (χ3v) is 9.84. The monoisotopic (exact) mass is 479 g/mol. The van der Waals surface area contributed by atoms with E-state index in [1.165, 1.54) is 6.42 Å². The van der Waals surface area contributed by atoms with E-state index in [1.54, 1.807) is 11.8 Å². The summed E-state index contributed by atoms with van der Waals surface area (Å²) in [4.78, 5) is 30.4. The molecule has 2 amide bonds. The van der Waals surface area contributed by atoms with Crippen LogP contribution in [0.4, 0.5) is 0 Å². The topological polar surface area (TPSA) is 123 Å². The highest BCUT2D eigenvalue weighted by atomic mass is 32.2. The molecule has 4 N–H and O–H groups in total. The summed E-state index contributed by atoms with van der Waals surface area (Å²) in [6.07, 6.45) is 7.64. The molecule has 184 valence electrons. The molecule has 4 atom stereocenters. The Morgan fingerprint density at radius 3 is 2.55 bits per heavy atom. The van der Waals surface area contributed by atoms with E-state index in [4.69, 9.17) is 15.3 Å². The van der Waals surface area contributed by atoms with Crippen LogP contribution in [0.25, 0.3) is 0 Å². The van der Waals surface area contributed by atoms with Gasteiger partial charge in [0.25, 0.3) is 5.91 Å². The molecule has 0 aromatic heterocycles. The van der Waals surface area contributed by atoms with Crippen molar-refractivity contribution in [3.8, 4) is 0 Å². The lowest BCUT2D eigenvalue weighted by atomic mass is 9.52. The molecular formula is C24H37N3O5S. The second-order valence-electron chi connectivity index (χ2n) is 11.9. The van der Waals surface area contributed by atoms with Gasteiger partial charge in [-0.2, -0.15) is 0 Å².